The Balaban J connectivity index is 1.38. The SMILES string of the molecule is COc1ccc2c(c1OC)C(=O)N1[C@@H]2SC[C@H]1C(=O)NCCCN1CCOCC1. The minimum absolute atomic E-state index is 0.0888. The molecule has 3 aliphatic heterocycles. The van der Waals surface area contributed by atoms with Gasteiger partial charge in [-0.1, -0.05) is 6.07 Å². The molecule has 2 amide bonds. The van der Waals surface area contributed by atoms with E-state index in [0.29, 0.717) is 29.4 Å². The first-order valence-corrected chi connectivity index (χ1v) is 11.0. The summed E-state index contributed by atoms with van der Waals surface area (Å²) in [4.78, 5) is 30.0. The van der Waals surface area contributed by atoms with Crippen LogP contribution in [0.25, 0.3) is 0 Å². The summed E-state index contributed by atoms with van der Waals surface area (Å²) in [5, 5.41) is 2.86. The van der Waals surface area contributed by atoms with Gasteiger partial charge in [-0.2, -0.15) is 0 Å². The lowest BCUT2D eigenvalue weighted by Crippen LogP contribution is -2.46. The maximum atomic E-state index is 13.2. The van der Waals surface area contributed by atoms with Gasteiger partial charge < -0.3 is 24.4 Å². The van der Waals surface area contributed by atoms with E-state index >= 15 is 0 Å². The molecule has 0 aromatic heterocycles. The van der Waals surface area contributed by atoms with E-state index in [0.717, 1.165) is 44.8 Å². The molecule has 0 aliphatic carbocycles. The van der Waals surface area contributed by atoms with Gasteiger partial charge in [0.05, 0.1) is 33.0 Å². The largest absolute Gasteiger partial charge is 0.493 e. The van der Waals surface area contributed by atoms with E-state index in [9.17, 15) is 9.59 Å². The van der Waals surface area contributed by atoms with E-state index < -0.39 is 6.04 Å². The number of morpholine rings is 1. The fourth-order valence-electron chi connectivity index (χ4n) is 4.15. The summed E-state index contributed by atoms with van der Waals surface area (Å²) < 4.78 is 16.1. The zero-order valence-corrected chi connectivity index (χ0v) is 17.6. The van der Waals surface area contributed by atoms with E-state index in [1.807, 2.05) is 12.1 Å². The van der Waals surface area contributed by atoms with Crippen LogP contribution in [-0.4, -0.2) is 87.0 Å². The first kappa shape index (κ1) is 20.3. The molecular weight excluding hydrogens is 394 g/mol. The second-order valence-electron chi connectivity index (χ2n) is 7.28. The molecule has 29 heavy (non-hydrogen) atoms. The molecule has 0 radical (unpaired) electrons. The van der Waals surface area contributed by atoms with Gasteiger partial charge in [-0.3, -0.25) is 14.5 Å². The van der Waals surface area contributed by atoms with Crippen LogP contribution in [0.5, 0.6) is 11.5 Å². The zero-order chi connectivity index (χ0) is 20.4. The number of fused-ring (bicyclic) bond motifs is 3. The van der Waals surface area contributed by atoms with Gasteiger partial charge >= 0.3 is 0 Å². The van der Waals surface area contributed by atoms with E-state index in [-0.39, 0.29) is 17.2 Å². The highest BCUT2D eigenvalue weighted by Gasteiger charge is 2.50. The van der Waals surface area contributed by atoms with Gasteiger partial charge in [-0.15, -0.1) is 11.8 Å². The third kappa shape index (κ3) is 3.78. The van der Waals surface area contributed by atoms with Gasteiger partial charge in [0.25, 0.3) is 5.91 Å². The third-order valence-corrected chi connectivity index (χ3v) is 6.95. The van der Waals surface area contributed by atoms with E-state index in [4.69, 9.17) is 14.2 Å². The molecule has 0 saturated carbocycles. The first-order valence-electron chi connectivity index (χ1n) is 9.92. The number of nitrogens with zero attached hydrogens (tertiary/aromatic N) is 2. The van der Waals surface area contributed by atoms with Crippen LogP contribution in [0.2, 0.25) is 0 Å². The van der Waals surface area contributed by atoms with Gasteiger partial charge in [-0.25, -0.2) is 0 Å². The predicted molar refractivity (Wildman–Crippen MR) is 110 cm³/mol. The minimum atomic E-state index is -0.469. The first-order chi connectivity index (χ1) is 14.2. The Morgan fingerprint density at radius 3 is 2.79 bits per heavy atom. The average molecular weight is 422 g/mol. The van der Waals surface area contributed by atoms with Crippen molar-refractivity contribution in [2.24, 2.45) is 0 Å². The molecule has 2 atom stereocenters. The van der Waals surface area contributed by atoms with Crippen molar-refractivity contribution in [2.45, 2.75) is 17.8 Å². The Labute approximate surface area is 174 Å². The van der Waals surface area contributed by atoms with E-state index in [1.165, 1.54) is 7.11 Å². The smallest absolute Gasteiger partial charge is 0.260 e. The molecule has 8 nitrogen and oxygen atoms in total. The summed E-state index contributed by atoms with van der Waals surface area (Å²) in [5.41, 5.74) is 1.40. The number of hydrogen-bond acceptors (Lipinski definition) is 7. The highest BCUT2D eigenvalue weighted by Crippen LogP contribution is 2.52. The summed E-state index contributed by atoms with van der Waals surface area (Å²) >= 11 is 1.62. The van der Waals surface area contributed by atoms with Crippen molar-refractivity contribution in [1.82, 2.24) is 15.1 Å². The van der Waals surface area contributed by atoms with Gasteiger partial charge in [0.1, 0.15) is 11.4 Å². The van der Waals surface area contributed by atoms with E-state index in [1.54, 1.807) is 23.8 Å². The standard InChI is InChI=1S/C20H27N3O5S/c1-26-15-5-4-13-16(17(15)27-2)19(25)23-14(12-29-20(13)23)18(24)21-6-3-7-22-8-10-28-11-9-22/h4-5,14,20H,3,6-12H2,1-2H3,(H,21,24)/t14-,20+/m0/s1. The maximum absolute atomic E-state index is 13.2. The molecule has 158 valence electrons. The Hall–Kier alpha value is -1.97. The highest BCUT2D eigenvalue weighted by molar-refractivity contribution is 7.99. The Morgan fingerprint density at radius 2 is 2.07 bits per heavy atom. The van der Waals surface area contributed by atoms with Gasteiger partial charge in [-0.05, 0) is 19.0 Å². The number of ether oxygens (including phenoxy) is 3. The number of methoxy groups -OCH3 is 2. The van der Waals surface area contributed by atoms with Crippen LogP contribution in [0.4, 0.5) is 0 Å². The van der Waals surface area contributed by atoms with Crippen molar-refractivity contribution in [3.63, 3.8) is 0 Å². The van der Waals surface area contributed by atoms with Crippen molar-refractivity contribution >= 4 is 23.6 Å². The molecule has 9 heteroatoms. The molecular formula is C20H27N3O5S. The number of rotatable bonds is 7. The Kier molecular flexibility index (Phi) is 6.17. The lowest BCUT2D eigenvalue weighted by Gasteiger charge is -2.26. The van der Waals surface area contributed by atoms with E-state index in [2.05, 4.69) is 10.2 Å². The van der Waals surface area contributed by atoms with Crippen molar-refractivity contribution in [3.05, 3.63) is 23.3 Å². The van der Waals surface area contributed by atoms with Crippen LogP contribution < -0.4 is 14.8 Å². The number of amides is 2. The fraction of sp³-hybridized carbons (Fsp3) is 0.600. The van der Waals surface area contributed by atoms with Gasteiger partial charge in [0.15, 0.2) is 11.5 Å². The molecule has 1 aromatic rings. The molecule has 0 unspecified atom stereocenters. The van der Waals surface area contributed by atoms with Crippen molar-refractivity contribution in [1.29, 1.82) is 0 Å². The molecule has 2 fully saturated rings. The van der Waals surface area contributed by atoms with Gasteiger partial charge in [0, 0.05) is 31.0 Å². The number of hydrogen-bond donors (Lipinski definition) is 1. The monoisotopic (exact) mass is 421 g/mol. The molecule has 1 aromatic carbocycles. The summed E-state index contributed by atoms with van der Waals surface area (Å²) in [7, 11) is 3.08. The zero-order valence-electron chi connectivity index (χ0n) is 16.8. The molecule has 3 heterocycles. The second-order valence-corrected chi connectivity index (χ2v) is 8.39. The molecule has 0 bridgehead atoms. The van der Waals surface area contributed by atoms with Crippen LogP contribution in [-0.2, 0) is 9.53 Å². The average Bonchev–Trinajstić information content (AvgIpc) is 3.31. The summed E-state index contributed by atoms with van der Waals surface area (Å²) in [5.74, 6) is 1.30. The summed E-state index contributed by atoms with van der Waals surface area (Å²) in [6.07, 6.45) is 0.883. The highest BCUT2D eigenvalue weighted by atomic mass is 32.2. The fourth-order valence-corrected chi connectivity index (χ4v) is 5.61. The van der Waals surface area contributed by atoms with Crippen LogP contribution in [0.1, 0.15) is 27.7 Å². The number of carbonyl (C=O) groups is 2. The molecule has 4 rings (SSSR count). The van der Waals surface area contributed by atoms with Crippen LogP contribution in [0, 0.1) is 0 Å². The van der Waals surface area contributed by atoms with Crippen LogP contribution in [0.15, 0.2) is 12.1 Å². The minimum Gasteiger partial charge on any atom is -0.493 e. The maximum Gasteiger partial charge on any atom is 0.260 e. The third-order valence-electron chi connectivity index (χ3n) is 5.65. The van der Waals surface area contributed by atoms with Crippen molar-refractivity contribution in [3.8, 4) is 11.5 Å². The quantitative estimate of drug-likeness (QED) is 0.661. The number of nitrogens with one attached hydrogen (secondary N) is 1. The van der Waals surface area contributed by atoms with Crippen molar-refractivity contribution in [2.75, 3.05) is 59.4 Å². The number of benzene rings is 1. The number of thioether (sulfide) groups is 1. The Morgan fingerprint density at radius 1 is 1.28 bits per heavy atom. The lowest BCUT2D eigenvalue weighted by molar-refractivity contribution is -0.124. The normalized spacial score (nSPS) is 23.7. The summed E-state index contributed by atoms with van der Waals surface area (Å²) in [6, 6.07) is 3.24. The van der Waals surface area contributed by atoms with Crippen LogP contribution in [0.3, 0.4) is 0 Å². The Bertz CT molecular complexity index is 784. The van der Waals surface area contributed by atoms with Crippen molar-refractivity contribution < 1.29 is 23.8 Å². The molecule has 2 saturated heterocycles. The molecule has 0 spiro atoms. The lowest BCUT2D eigenvalue weighted by atomic mass is 10.1. The second kappa shape index (κ2) is 8.81. The van der Waals surface area contributed by atoms with Gasteiger partial charge in [0.2, 0.25) is 5.91 Å². The molecule has 3 aliphatic rings. The molecule has 1 N–H and O–H groups in total. The summed E-state index contributed by atoms with van der Waals surface area (Å²) in [6.45, 7) is 4.99. The number of carbonyl (C=O) groups excluding carboxylic acids is 2. The topological polar surface area (TPSA) is 80.3 Å². The van der Waals surface area contributed by atoms with Crippen LogP contribution >= 0.6 is 11.8 Å². The predicted octanol–water partition coefficient (Wildman–Crippen LogP) is 1.11.